The molecule has 6 heteroatoms. The fraction of sp³-hybridized carbons (Fsp3) is 0.143. The highest BCUT2D eigenvalue weighted by Gasteiger charge is 2.16. The number of ether oxygens (including phenoxy) is 2. The minimum Gasteiger partial charge on any atom is -0.495 e. The largest absolute Gasteiger partial charge is 0.495 e. The van der Waals surface area contributed by atoms with Crippen molar-refractivity contribution in [2.24, 2.45) is 0 Å². The fourth-order valence-corrected chi connectivity index (χ4v) is 2.23. The van der Waals surface area contributed by atoms with Gasteiger partial charge in [0.1, 0.15) is 11.4 Å². The average molecular weight is 271 g/mol. The summed E-state index contributed by atoms with van der Waals surface area (Å²) in [5.41, 5.74) is 3.04. The van der Waals surface area contributed by atoms with Crippen molar-refractivity contribution in [1.82, 2.24) is 15.2 Å². The van der Waals surface area contributed by atoms with E-state index in [1.165, 1.54) is 7.11 Å². The van der Waals surface area contributed by atoms with Crippen LogP contribution in [0.3, 0.4) is 0 Å². The number of carbonyl (C=O) groups is 1. The van der Waals surface area contributed by atoms with E-state index < -0.39 is 5.97 Å². The summed E-state index contributed by atoms with van der Waals surface area (Å²) in [6, 6.07) is 5.54. The number of nitrogens with zero attached hydrogens (tertiary/aromatic N) is 1. The Kier molecular flexibility index (Phi) is 2.90. The topological polar surface area (TPSA) is 80.0 Å². The molecule has 1 aromatic carbocycles. The number of esters is 1. The Labute approximate surface area is 114 Å². The molecule has 20 heavy (non-hydrogen) atoms. The van der Waals surface area contributed by atoms with E-state index in [4.69, 9.17) is 9.47 Å². The van der Waals surface area contributed by atoms with Crippen LogP contribution < -0.4 is 4.74 Å². The third-order valence-electron chi connectivity index (χ3n) is 3.19. The van der Waals surface area contributed by atoms with Gasteiger partial charge in [-0.25, -0.2) is 4.79 Å². The first-order valence-corrected chi connectivity index (χ1v) is 6.01. The standard InChI is InChI=1S/C14H13N3O3/c1-19-12-4-3-9(8-6-15-16-7-8)10-5-11(14(18)20-2)17-13(10)12/h3-7,17H,1-2H3,(H,15,16). The molecule has 0 saturated carbocycles. The summed E-state index contributed by atoms with van der Waals surface area (Å²) in [4.78, 5) is 14.7. The molecule has 0 bridgehead atoms. The molecule has 0 unspecified atom stereocenters. The van der Waals surface area contributed by atoms with Crippen molar-refractivity contribution >= 4 is 16.9 Å². The van der Waals surface area contributed by atoms with Crippen LogP contribution in [0.2, 0.25) is 0 Å². The second-order valence-corrected chi connectivity index (χ2v) is 4.27. The molecule has 2 aromatic heterocycles. The smallest absolute Gasteiger partial charge is 0.354 e. The first kappa shape index (κ1) is 12.3. The minimum atomic E-state index is -0.415. The van der Waals surface area contributed by atoms with Gasteiger partial charge >= 0.3 is 5.97 Å². The first-order chi connectivity index (χ1) is 9.74. The number of H-pyrrole nitrogens is 2. The third kappa shape index (κ3) is 1.82. The van der Waals surface area contributed by atoms with E-state index in [0.717, 1.165) is 22.0 Å². The molecule has 0 fully saturated rings. The molecule has 3 aromatic rings. The van der Waals surface area contributed by atoms with E-state index in [-0.39, 0.29) is 0 Å². The maximum atomic E-state index is 11.7. The zero-order valence-corrected chi connectivity index (χ0v) is 11.1. The zero-order chi connectivity index (χ0) is 14.1. The van der Waals surface area contributed by atoms with Crippen LogP contribution in [0.15, 0.2) is 30.6 Å². The molecular weight excluding hydrogens is 258 g/mol. The molecule has 3 rings (SSSR count). The van der Waals surface area contributed by atoms with Crippen LogP contribution in [-0.2, 0) is 4.74 Å². The lowest BCUT2D eigenvalue weighted by molar-refractivity contribution is 0.0595. The lowest BCUT2D eigenvalue weighted by Gasteiger charge is -2.05. The van der Waals surface area contributed by atoms with Crippen molar-refractivity contribution in [3.8, 4) is 16.9 Å². The number of aromatic nitrogens is 3. The Hall–Kier alpha value is -2.76. The molecule has 0 aliphatic carbocycles. The van der Waals surface area contributed by atoms with Gasteiger partial charge in [-0.05, 0) is 23.8 Å². The normalized spacial score (nSPS) is 10.7. The summed E-state index contributed by atoms with van der Waals surface area (Å²) < 4.78 is 10.1. The van der Waals surface area contributed by atoms with Gasteiger partial charge in [0.15, 0.2) is 0 Å². The van der Waals surface area contributed by atoms with E-state index >= 15 is 0 Å². The molecule has 0 spiro atoms. The van der Waals surface area contributed by atoms with Crippen LogP contribution in [0.25, 0.3) is 22.0 Å². The van der Waals surface area contributed by atoms with E-state index in [9.17, 15) is 4.79 Å². The maximum Gasteiger partial charge on any atom is 0.354 e. The molecule has 2 N–H and O–H groups in total. The van der Waals surface area contributed by atoms with E-state index in [1.807, 2.05) is 12.1 Å². The summed E-state index contributed by atoms with van der Waals surface area (Å²) in [5, 5.41) is 7.61. The van der Waals surface area contributed by atoms with Crippen molar-refractivity contribution < 1.29 is 14.3 Å². The molecule has 0 radical (unpaired) electrons. The molecular formula is C14H13N3O3. The van der Waals surface area contributed by atoms with Crippen molar-refractivity contribution in [3.05, 3.63) is 36.3 Å². The van der Waals surface area contributed by atoms with Crippen molar-refractivity contribution in [2.45, 2.75) is 0 Å². The molecule has 0 aliphatic rings. The van der Waals surface area contributed by atoms with Crippen LogP contribution in [0.5, 0.6) is 5.75 Å². The molecule has 102 valence electrons. The SMILES string of the molecule is COC(=O)c1cc2c(-c3cn[nH]c3)ccc(OC)c2[nH]1. The number of methoxy groups -OCH3 is 2. The van der Waals surface area contributed by atoms with E-state index in [1.54, 1.807) is 25.6 Å². The summed E-state index contributed by atoms with van der Waals surface area (Å²) in [6.07, 6.45) is 3.53. The highest BCUT2D eigenvalue weighted by Crippen LogP contribution is 2.34. The fourth-order valence-electron chi connectivity index (χ4n) is 2.23. The average Bonchev–Trinajstić information content (AvgIpc) is 3.14. The Balaban J connectivity index is 2.27. The summed E-state index contributed by atoms with van der Waals surface area (Å²) in [6.45, 7) is 0. The predicted octanol–water partition coefficient (Wildman–Crippen LogP) is 2.35. The highest BCUT2D eigenvalue weighted by atomic mass is 16.5. The summed E-state index contributed by atoms with van der Waals surface area (Å²) in [5.74, 6) is 0.254. The van der Waals surface area contributed by atoms with Gasteiger partial charge in [-0.2, -0.15) is 5.10 Å². The predicted molar refractivity (Wildman–Crippen MR) is 73.8 cm³/mol. The number of benzene rings is 1. The molecule has 6 nitrogen and oxygen atoms in total. The van der Waals surface area contributed by atoms with Gasteiger partial charge in [-0.3, -0.25) is 5.10 Å². The van der Waals surface area contributed by atoms with Crippen LogP contribution in [0, 0.1) is 0 Å². The van der Waals surface area contributed by atoms with Crippen LogP contribution >= 0.6 is 0 Å². The van der Waals surface area contributed by atoms with Gasteiger partial charge in [-0.15, -0.1) is 0 Å². The Morgan fingerprint density at radius 1 is 1.30 bits per heavy atom. The van der Waals surface area contributed by atoms with Crippen LogP contribution in [0.1, 0.15) is 10.5 Å². The van der Waals surface area contributed by atoms with Gasteiger partial charge < -0.3 is 14.5 Å². The monoisotopic (exact) mass is 271 g/mol. The number of fused-ring (bicyclic) bond motifs is 1. The second kappa shape index (κ2) is 4.73. The number of carbonyl (C=O) groups excluding carboxylic acids is 1. The lowest BCUT2D eigenvalue weighted by Crippen LogP contribution is -2.00. The maximum absolute atomic E-state index is 11.7. The molecule has 2 heterocycles. The Bertz CT molecular complexity index is 759. The quantitative estimate of drug-likeness (QED) is 0.716. The number of rotatable bonds is 3. The van der Waals surface area contributed by atoms with Crippen molar-refractivity contribution in [3.63, 3.8) is 0 Å². The van der Waals surface area contributed by atoms with Gasteiger partial charge in [0.25, 0.3) is 0 Å². The molecule has 0 aliphatic heterocycles. The van der Waals surface area contributed by atoms with Gasteiger partial charge in [0.2, 0.25) is 0 Å². The third-order valence-corrected chi connectivity index (χ3v) is 3.19. The van der Waals surface area contributed by atoms with Gasteiger partial charge in [0, 0.05) is 17.1 Å². The van der Waals surface area contributed by atoms with Crippen LogP contribution in [0.4, 0.5) is 0 Å². The minimum absolute atomic E-state index is 0.386. The summed E-state index contributed by atoms with van der Waals surface area (Å²) >= 11 is 0. The van der Waals surface area contributed by atoms with Gasteiger partial charge in [0.05, 0.1) is 25.9 Å². The van der Waals surface area contributed by atoms with E-state index in [2.05, 4.69) is 15.2 Å². The number of nitrogens with one attached hydrogen (secondary N) is 2. The van der Waals surface area contributed by atoms with Crippen molar-refractivity contribution in [1.29, 1.82) is 0 Å². The summed E-state index contributed by atoms with van der Waals surface area (Å²) in [7, 11) is 2.94. The Morgan fingerprint density at radius 3 is 2.80 bits per heavy atom. The van der Waals surface area contributed by atoms with Gasteiger partial charge in [-0.1, -0.05) is 0 Å². The highest BCUT2D eigenvalue weighted by molar-refractivity contribution is 6.03. The zero-order valence-electron chi connectivity index (χ0n) is 11.1. The number of hydrogen-bond acceptors (Lipinski definition) is 4. The van der Waals surface area contributed by atoms with Crippen LogP contribution in [-0.4, -0.2) is 35.4 Å². The second-order valence-electron chi connectivity index (χ2n) is 4.27. The lowest BCUT2D eigenvalue weighted by atomic mass is 10.0. The molecule has 0 atom stereocenters. The number of hydrogen-bond donors (Lipinski definition) is 2. The molecule has 0 amide bonds. The first-order valence-electron chi connectivity index (χ1n) is 6.01. The number of aromatic amines is 2. The van der Waals surface area contributed by atoms with Crippen molar-refractivity contribution in [2.75, 3.05) is 14.2 Å². The van der Waals surface area contributed by atoms with E-state index in [0.29, 0.717) is 11.4 Å². The molecule has 0 saturated heterocycles. The Morgan fingerprint density at radius 2 is 2.15 bits per heavy atom.